The lowest BCUT2D eigenvalue weighted by molar-refractivity contribution is 0.0939. The first-order valence-electron chi connectivity index (χ1n) is 8.25. The number of benzene rings is 2. The van der Waals surface area contributed by atoms with Gasteiger partial charge in [0.25, 0.3) is 5.91 Å². The molecule has 0 saturated carbocycles. The van der Waals surface area contributed by atoms with Crippen molar-refractivity contribution >= 4 is 5.91 Å². The van der Waals surface area contributed by atoms with Crippen molar-refractivity contribution in [3.63, 3.8) is 0 Å². The predicted molar refractivity (Wildman–Crippen MR) is 99.0 cm³/mol. The number of nitrogens with one attached hydrogen (secondary N) is 1. The molecule has 3 aromatic rings. The van der Waals surface area contributed by atoms with E-state index < -0.39 is 0 Å². The molecule has 2 aromatic carbocycles. The van der Waals surface area contributed by atoms with Crippen LogP contribution in [0, 0.1) is 0 Å². The van der Waals surface area contributed by atoms with E-state index in [2.05, 4.69) is 10.4 Å². The molecule has 6 heteroatoms. The first kappa shape index (κ1) is 17.5. The van der Waals surface area contributed by atoms with E-state index in [9.17, 15) is 4.79 Å². The largest absolute Gasteiger partial charge is 0.497 e. The van der Waals surface area contributed by atoms with E-state index >= 15 is 0 Å². The molecule has 1 heterocycles. The fourth-order valence-electron chi connectivity index (χ4n) is 2.70. The zero-order valence-corrected chi connectivity index (χ0v) is 15.0. The van der Waals surface area contributed by atoms with Gasteiger partial charge >= 0.3 is 0 Å². The Morgan fingerprint density at radius 2 is 1.88 bits per heavy atom. The highest BCUT2D eigenvalue weighted by Crippen LogP contribution is 2.29. The topological polar surface area (TPSA) is 65.4 Å². The molecule has 134 valence electrons. The van der Waals surface area contributed by atoms with Gasteiger partial charge in [-0.2, -0.15) is 5.10 Å². The number of methoxy groups -OCH3 is 2. The predicted octanol–water partition coefficient (Wildman–Crippen LogP) is 3.38. The number of amides is 1. The summed E-state index contributed by atoms with van der Waals surface area (Å²) in [4.78, 5) is 12.6. The van der Waals surface area contributed by atoms with Crippen LogP contribution >= 0.6 is 0 Å². The molecule has 0 saturated heterocycles. The lowest BCUT2D eigenvalue weighted by Gasteiger charge is -2.17. The van der Waals surface area contributed by atoms with Gasteiger partial charge in [-0.15, -0.1) is 0 Å². The number of aromatic nitrogens is 2. The number of carbonyl (C=O) groups is 1. The average molecular weight is 351 g/mol. The molecule has 0 unspecified atom stereocenters. The fraction of sp³-hybridized carbons (Fsp3) is 0.200. The molecule has 0 spiro atoms. The number of hydrogen-bond acceptors (Lipinski definition) is 4. The minimum absolute atomic E-state index is 0.197. The van der Waals surface area contributed by atoms with Crippen molar-refractivity contribution in [2.24, 2.45) is 0 Å². The van der Waals surface area contributed by atoms with Gasteiger partial charge in [-0.3, -0.25) is 4.79 Å². The van der Waals surface area contributed by atoms with Gasteiger partial charge in [0.05, 0.1) is 37.7 Å². The maximum atomic E-state index is 12.6. The monoisotopic (exact) mass is 351 g/mol. The summed E-state index contributed by atoms with van der Waals surface area (Å²) in [5.41, 5.74) is 2.27. The van der Waals surface area contributed by atoms with Crippen LogP contribution in [0.2, 0.25) is 0 Å². The second-order valence-electron chi connectivity index (χ2n) is 5.81. The van der Waals surface area contributed by atoms with Crippen LogP contribution in [0.25, 0.3) is 5.69 Å². The van der Waals surface area contributed by atoms with Crippen molar-refractivity contribution in [3.05, 3.63) is 72.1 Å². The Kier molecular flexibility index (Phi) is 5.22. The Bertz CT molecular complexity index is 890. The molecule has 0 aliphatic rings. The Morgan fingerprint density at radius 1 is 1.12 bits per heavy atom. The number of para-hydroxylation sites is 1. The van der Waals surface area contributed by atoms with E-state index in [4.69, 9.17) is 9.47 Å². The number of carbonyl (C=O) groups excluding carboxylic acids is 1. The van der Waals surface area contributed by atoms with E-state index in [1.54, 1.807) is 37.4 Å². The molecule has 0 fully saturated rings. The average Bonchev–Trinajstić information content (AvgIpc) is 3.18. The molecule has 0 aliphatic carbocycles. The van der Waals surface area contributed by atoms with E-state index in [0.717, 1.165) is 11.3 Å². The highest BCUT2D eigenvalue weighted by Gasteiger charge is 2.17. The van der Waals surface area contributed by atoms with Crippen LogP contribution in [-0.4, -0.2) is 29.9 Å². The van der Waals surface area contributed by atoms with Crippen LogP contribution in [0.1, 0.15) is 28.9 Å². The molecule has 0 bridgehead atoms. The van der Waals surface area contributed by atoms with E-state index in [1.807, 2.05) is 49.4 Å². The van der Waals surface area contributed by atoms with Crippen LogP contribution in [0.4, 0.5) is 0 Å². The molecule has 26 heavy (non-hydrogen) atoms. The summed E-state index contributed by atoms with van der Waals surface area (Å²) >= 11 is 0. The molecular formula is C20H21N3O3. The molecule has 1 amide bonds. The first-order chi connectivity index (χ1) is 12.6. The van der Waals surface area contributed by atoms with Crippen LogP contribution in [0.3, 0.4) is 0 Å². The first-order valence-corrected chi connectivity index (χ1v) is 8.25. The third-order valence-electron chi connectivity index (χ3n) is 4.12. The maximum Gasteiger partial charge on any atom is 0.254 e. The van der Waals surface area contributed by atoms with Gasteiger partial charge in [0.1, 0.15) is 11.5 Å². The third kappa shape index (κ3) is 3.69. The Morgan fingerprint density at radius 3 is 2.58 bits per heavy atom. The van der Waals surface area contributed by atoms with E-state index in [-0.39, 0.29) is 11.9 Å². The SMILES string of the molecule is COc1ccc([C@H](C)NC(=O)c2cnn(-c3ccccc3)c2)c(OC)c1. The molecule has 1 N–H and O–H groups in total. The van der Waals surface area contributed by atoms with Gasteiger partial charge in [0.15, 0.2) is 0 Å². The summed E-state index contributed by atoms with van der Waals surface area (Å²) < 4.78 is 12.3. The summed E-state index contributed by atoms with van der Waals surface area (Å²) in [7, 11) is 3.20. The number of ether oxygens (including phenoxy) is 2. The number of nitrogens with zero attached hydrogens (tertiary/aromatic N) is 2. The Labute approximate surface area is 152 Å². The van der Waals surface area contributed by atoms with Crippen molar-refractivity contribution in [2.45, 2.75) is 13.0 Å². The highest BCUT2D eigenvalue weighted by atomic mass is 16.5. The van der Waals surface area contributed by atoms with Crippen LogP contribution in [0.15, 0.2) is 60.9 Å². The zero-order valence-electron chi connectivity index (χ0n) is 15.0. The van der Waals surface area contributed by atoms with Gasteiger partial charge in [0.2, 0.25) is 0 Å². The quantitative estimate of drug-likeness (QED) is 0.739. The maximum absolute atomic E-state index is 12.6. The second kappa shape index (κ2) is 7.74. The van der Waals surface area contributed by atoms with Crippen molar-refractivity contribution in [2.75, 3.05) is 14.2 Å². The van der Waals surface area contributed by atoms with Crippen molar-refractivity contribution in [1.82, 2.24) is 15.1 Å². The van der Waals surface area contributed by atoms with E-state index in [1.165, 1.54) is 0 Å². The van der Waals surface area contributed by atoms with Gasteiger partial charge in [-0.05, 0) is 31.2 Å². The summed E-state index contributed by atoms with van der Waals surface area (Å²) in [5.74, 6) is 1.17. The standard InChI is InChI=1S/C20H21N3O3/c1-14(18-10-9-17(25-2)11-19(18)26-3)22-20(24)15-12-21-23(13-15)16-7-5-4-6-8-16/h4-14H,1-3H3,(H,22,24)/t14-/m0/s1. The van der Waals surface area contributed by atoms with Crippen molar-refractivity contribution < 1.29 is 14.3 Å². The van der Waals surface area contributed by atoms with Gasteiger partial charge in [-0.25, -0.2) is 4.68 Å². The lowest BCUT2D eigenvalue weighted by Crippen LogP contribution is -2.26. The number of rotatable bonds is 6. The van der Waals surface area contributed by atoms with Gasteiger partial charge in [-0.1, -0.05) is 18.2 Å². The highest BCUT2D eigenvalue weighted by molar-refractivity contribution is 5.94. The fourth-order valence-corrected chi connectivity index (χ4v) is 2.70. The Balaban J connectivity index is 1.75. The molecule has 0 aliphatic heterocycles. The van der Waals surface area contributed by atoms with Crippen molar-refractivity contribution in [1.29, 1.82) is 0 Å². The summed E-state index contributed by atoms with van der Waals surface area (Å²) in [5, 5.41) is 7.23. The normalized spacial score (nSPS) is 11.7. The van der Waals surface area contributed by atoms with Crippen LogP contribution in [0.5, 0.6) is 11.5 Å². The zero-order chi connectivity index (χ0) is 18.5. The van der Waals surface area contributed by atoms with Crippen LogP contribution in [-0.2, 0) is 0 Å². The van der Waals surface area contributed by atoms with Gasteiger partial charge < -0.3 is 14.8 Å². The molecule has 0 radical (unpaired) electrons. The van der Waals surface area contributed by atoms with Crippen LogP contribution < -0.4 is 14.8 Å². The smallest absolute Gasteiger partial charge is 0.254 e. The molecule has 1 aromatic heterocycles. The molecule has 1 atom stereocenters. The summed E-state index contributed by atoms with van der Waals surface area (Å²) in [6.45, 7) is 1.91. The van der Waals surface area contributed by atoms with E-state index in [0.29, 0.717) is 17.1 Å². The number of hydrogen-bond donors (Lipinski definition) is 1. The minimum atomic E-state index is -0.233. The van der Waals surface area contributed by atoms with Crippen molar-refractivity contribution in [3.8, 4) is 17.2 Å². The minimum Gasteiger partial charge on any atom is -0.497 e. The lowest BCUT2D eigenvalue weighted by atomic mass is 10.1. The summed E-state index contributed by atoms with van der Waals surface area (Å²) in [6.07, 6.45) is 3.27. The Hall–Kier alpha value is -3.28. The molecular weight excluding hydrogens is 330 g/mol. The third-order valence-corrected chi connectivity index (χ3v) is 4.12. The second-order valence-corrected chi connectivity index (χ2v) is 5.81. The molecule has 6 nitrogen and oxygen atoms in total. The van der Waals surface area contributed by atoms with Gasteiger partial charge in [0, 0.05) is 17.8 Å². The summed E-state index contributed by atoms with van der Waals surface area (Å²) in [6, 6.07) is 14.9. The molecule has 3 rings (SSSR count).